The first-order valence-electron chi connectivity index (χ1n) is 11.4. The Morgan fingerprint density at radius 2 is 1.59 bits per heavy atom. The average Bonchev–Trinajstić information content (AvgIpc) is 3.25. The first kappa shape index (κ1) is 29.2. The van der Waals surface area contributed by atoms with Gasteiger partial charge in [0.15, 0.2) is 6.04 Å². The number of carboxylic acid groups (broad SMARTS) is 2. The van der Waals surface area contributed by atoms with Crippen molar-refractivity contribution in [2.75, 3.05) is 6.61 Å². The van der Waals surface area contributed by atoms with Crippen LogP contribution in [0.4, 0.5) is 0 Å². The van der Waals surface area contributed by atoms with E-state index in [0.717, 1.165) is 23.4 Å². The molecule has 0 fully saturated rings. The molecule has 0 aliphatic heterocycles. The van der Waals surface area contributed by atoms with E-state index < -0.39 is 79.4 Å². The number of aliphatic hydroxyl groups excluding tert-OH is 2. The fraction of sp³-hybridized carbons (Fsp3) is 0.435. The maximum absolute atomic E-state index is 12.7. The molecule has 14 heteroatoms. The zero-order valence-electron chi connectivity index (χ0n) is 20.0. The minimum atomic E-state index is -1.72. The van der Waals surface area contributed by atoms with E-state index in [1.165, 1.54) is 0 Å². The lowest BCUT2D eigenvalue weighted by molar-refractivity contribution is -0.145. The van der Waals surface area contributed by atoms with Crippen molar-refractivity contribution < 1.29 is 44.4 Å². The Bertz CT molecular complexity index is 1130. The Morgan fingerprint density at radius 1 is 0.973 bits per heavy atom. The number of aromatic amines is 1. The predicted molar refractivity (Wildman–Crippen MR) is 129 cm³/mol. The van der Waals surface area contributed by atoms with Gasteiger partial charge in [-0.2, -0.15) is 0 Å². The van der Waals surface area contributed by atoms with Crippen molar-refractivity contribution in [2.24, 2.45) is 5.73 Å². The van der Waals surface area contributed by atoms with Crippen LogP contribution in [0.25, 0.3) is 10.9 Å². The van der Waals surface area contributed by atoms with Crippen LogP contribution in [0.2, 0.25) is 0 Å². The highest BCUT2D eigenvalue weighted by molar-refractivity contribution is 5.94. The number of hydrogen-bond donors (Lipinski definition) is 9. The standard InChI is InChI=1S/C23H31N5O9/c1-11(30)19(23(36)37)28-21(34)16(6-7-18(31)32)26-22(35)17(10-29)27-20(33)14(24)8-12-9-25-15-5-3-2-4-13(12)15/h2-5,9,11,14,16-17,19,25,29-30H,6-8,10,24H2,1H3,(H,26,35)(H,27,33)(H,28,34)(H,31,32)(H,36,37). The fourth-order valence-electron chi connectivity index (χ4n) is 3.55. The highest BCUT2D eigenvalue weighted by atomic mass is 16.4. The quantitative estimate of drug-likeness (QED) is 0.130. The van der Waals surface area contributed by atoms with Crippen molar-refractivity contribution in [2.45, 2.75) is 56.5 Å². The number of carbonyl (C=O) groups is 5. The fourth-order valence-corrected chi connectivity index (χ4v) is 3.55. The average molecular weight is 522 g/mol. The topological polar surface area (TPSA) is 244 Å². The van der Waals surface area contributed by atoms with Crippen LogP contribution in [0, 0.1) is 0 Å². The molecule has 0 saturated heterocycles. The third-order valence-electron chi connectivity index (χ3n) is 5.59. The van der Waals surface area contributed by atoms with Gasteiger partial charge in [0.05, 0.1) is 18.8 Å². The number of amides is 3. The molecule has 0 aliphatic rings. The van der Waals surface area contributed by atoms with E-state index in [0.29, 0.717) is 0 Å². The number of fused-ring (bicyclic) bond motifs is 1. The van der Waals surface area contributed by atoms with Gasteiger partial charge in [0.25, 0.3) is 0 Å². The number of hydrogen-bond acceptors (Lipinski definition) is 8. The van der Waals surface area contributed by atoms with E-state index in [-0.39, 0.29) is 6.42 Å². The summed E-state index contributed by atoms with van der Waals surface area (Å²) in [7, 11) is 0. The Balaban J connectivity index is 2.06. The molecular formula is C23H31N5O9. The highest BCUT2D eigenvalue weighted by Gasteiger charge is 2.32. The van der Waals surface area contributed by atoms with Gasteiger partial charge in [0.2, 0.25) is 17.7 Å². The maximum atomic E-state index is 12.7. The van der Waals surface area contributed by atoms with Crippen LogP contribution >= 0.6 is 0 Å². The van der Waals surface area contributed by atoms with Gasteiger partial charge in [0.1, 0.15) is 12.1 Å². The van der Waals surface area contributed by atoms with Gasteiger partial charge in [-0.1, -0.05) is 18.2 Å². The SMILES string of the molecule is CC(O)C(NC(=O)C(CCC(=O)O)NC(=O)C(CO)NC(=O)C(N)Cc1c[nH]c2ccccc12)C(=O)O. The number of aliphatic hydroxyl groups is 2. The number of aliphatic carboxylic acids is 2. The zero-order chi connectivity index (χ0) is 27.7. The van der Waals surface area contributed by atoms with Gasteiger partial charge in [-0.3, -0.25) is 19.2 Å². The number of benzene rings is 1. The van der Waals surface area contributed by atoms with Crippen LogP contribution in [0.3, 0.4) is 0 Å². The number of H-pyrrole nitrogens is 1. The molecule has 37 heavy (non-hydrogen) atoms. The molecule has 14 nitrogen and oxygen atoms in total. The summed E-state index contributed by atoms with van der Waals surface area (Å²) in [4.78, 5) is 63.2. The van der Waals surface area contributed by atoms with E-state index in [1.807, 2.05) is 29.6 Å². The molecule has 10 N–H and O–H groups in total. The summed E-state index contributed by atoms with van der Waals surface area (Å²) in [6.45, 7) is 0.261. The molecule has 202 valence electrons. The number of nitrogens with one attached hydrogen (secondary N) is 4. The monoisotopic (exact) mass is 521 g/mol. The van der Waals surface area contributed by atoms with E-state index >= 15 is 0 Å². The number of nitrogens with two attached hydrogens (primary N) is 1. The van der Waals surface area contributed by atoms with Crippen molar-refractivity contribution in [3.8, 4) is 0 Å². The van der Waals surface area contributed by atoms with Crippen LogP contribution in [0.5, 0.6) is 0 Å². The van der Waals surface area contributed by atoms with Crippen LogP contribution in [0.15, 0.2) is 30.5 Å². The third-order valence-corrected chi connectivity index (χ3v) is 5.59. The summed E-state index contributed by atoms with van der Waals surface area (Å²) in [5.74, 6) is -5.68. The van der Waals surface area contributed by atoms with E-state index in [1.54, 1.807) is 6.20 Å². The van der Waals surface area contributed by atoms with Gasteiger partial charge in [-0.05, 0) is 31.4 Å². The Labute approximate surface area is 211 Å². The molecule has 0 aliphatic carbocycles. The summed E-state index contributed by atoms with van der Waals surface area (Å²) >= 11 is 0. The van der Waals surface area contributed by atoms with Crippen molar-refractivity contribution in [1.82, 2.24) is 20.9 Å². The maximum Gasteiger partial charge on any atom is 0.328 e. The first-order valence-corrected chi connectivity index (χ1v) is 11.4. The minimum absolute atomic E-state index is 0.120. The van der Waals surface area contributed by atoms with E-state index in [2.05, 4.69) is 15.6 Å². The van der Waals surface area contributed by atoms with Crippen LogP contribution in [0.1, 0.15) is 25.3 Å². The van der Waals surface area contributed by atoms with Crippen LogP contribution in [-0.2, 0) is 30.4 Å². The highest BCUT2D eigenvalue weighted by Crippen LogP contribution is 2.18. The normalized spacial score (nSPS) is 15.1. The molecule has 5 atom stereocenters. The second kappa shape index (κ2) is 13.3. The zero-order valence-corrected chi connectivity index (χ0v) is 20.0. The summed E-state index contributed by atoms with van der Waals surface area (Å²) in [5.41, 5.74) is 7.61. The number of para-hydroxylation sites is 1. The summed E-state index contributed by atoms with van der Waals surface area (Å²) in [6.07, 6.45) is -0.644. The summed E-state index contributed by atoms with van der Waals surface area (Å²) in [6, 6.07) is 1.51. The van der Waals surface area contributed by atoms with Gasteiger partial charge < -0.3 is 47.1 Å². The predicted octanol–water partition coefficient (Wildman–Crippen LogP) is -2.19. The number of aromatic nitrogens is 1. The first-order chi connectivity index (χ1) is 17.4. The van der Waals surface area contributed by atoms with Crippen molar-refractivity contribution in [3.63, 3.8) is 0 Å². The molecule has 0 radical (unpaired) electrons. The van der Waals surface area contributed by atoms with Crippen molar-refractivity contribution in [3.05, 3.63) is 36.0 Å². The van der Waals surface area contributed by atoms with Gasteiger partial charge in [-0.15, -0.1) is 0 Å². The van der Waals surface area contributed by atoms with Crippen molar-refractivity contribution in [1.29, 1.82) is 0 Å². The molecule has 3 amide bonds. The van der Waals surface area contributed by atoms with Gasteiger partial charge >= 0.3 is 11.9 Å². The second-order valence-corrected chi connectivity index (χ2v) is 8.47. The van der Waals surface area contributed by atoms with E-state index in [4.69, 9.17) is 15.9 Å². The lowest BCUT2D eigenvalue weighted by Gasteiger charge is -2.25. The molecule has 0 saturated carbocycles. The van der Waals surface area contributed by atoms with Crippen LogP contribution < -0.4 is 21.7 Å². The van der Waals surface area contributed by atoms with Gasteiger partial charge in [-0.25, -0.2) is 4.79 Å². The molecule has 5 unspecified atom stereocenters. The molecule has 1 heterocycles. The van der Waals surface area contributed by atoms with Gasteiger partial charge in [0, 0.05) is 23.5 Å². The Hall–Kier alpha value is -4.01. The Kier molecular flexibility index (Phi) is 10.5. The summed E-state index contributed by atoms with van der Waals surface area (Å²) < 4.78 is 0. The number of carbonyl (C=O) groups excluding carboxylic acids is 3. The molecule has 0 bridgehead atoms. The summed E-state index contributed by atoms with van der Waals surface area (Å²) in [5, 5.41) is 44.7. The number of rotatable bonds is 14. The minimum Gasteiger partial charge on any atom is -0.481 e. The molecule has 1 aromatic carbocycles. The Morgan fingerprint density at radius 3 is 2.19 bits per heavy atom. The molecule has 2 aromatic rings. The molecule has 0 spiro atoms. The van der Waals surface area contributed by atoms with E-state index in [9.17, 15) is 34.2 Å². The number of carboxylic acids is 2. The third kappa shape index (κ3) is 8.27. The largest absolute Gasteiger partial charge is 0.481 e. The smallest absolute Gasteiger partial charge is 0.328 e. The molecular weight excluding hydrogens is 490 g/mol. The van der Waals surface area contributed by atoms with Crippen molar-refractivity contribution >= 4 is 40.6 Å². The second-order valence-electron chi connectivity index (χ2n) is 8.47. The molecule has 1 aromatic heterocycles. The lowest BCUT2D eigenvalue weighted by atomic mass is 10.0. The lowest BCUT2D eigenvalue weighted by Crippen LogP contribution is -2.59. The molecule has 2 rings (SSSR count). The van der Waals surface area contributed by atoms with Crippen LogP contribution in [-0.4, -0.2) is 91.9 Å².